The van der Waals surface area contributed by atoms with Crippen LogP contribution in [0.25, 0.3) is 0 Å². The summed E-state index contributed by atoms with van der Waals surface area (Å²) >= 11 is 3.39. The summed E-state index contributed by atoms with van der Waals surface area (Å²) in [5.74, 6) is 0. The van der Waals surface area contributed by atoms with Gasteiger partial charge in [0.25, 0.3) is 10.0 Å². The first-order valence-electron chi connectivity index (χ1n) is 6.94. The number of sulfonamides is 1. The monoisotopic (exact) mass is 455 g/mol. The molecule has 0 aliphatic rings. The van der Waals surface area contributed by atoms with Gasteiger partial charge in [0.2, 0.25) is 0 Å². The average molecular weight is 455 g/mol. The maximum Gasteiger partial charge on any atom is 0.250 e. The predicted octanol–water partition coefficient (Wildman–Crippen LogP) is 4.42. The Morgan fingerprint density at radius 2 is 1.35 bits per heavy atom. The summed E-state index contributed by atoms with van der Waals surface area (Å²) in [4.78, 5) is 0. The molecule has 0 saturated carbocycles. The van der Waals surface area contributed by atoms with Crippen molar-refractivity contribution in [2.75, 3.05) is 0 Å². The van der Waals surface area contributed by atoms with E-state index in [9.17, 15) is 8.42 Å². The number of hydrogen-bond donors (Lipinski definition) is 1. The van der Waals surface area contributed by atoms with Crippen molar-refractivity contribution >= 4 is 44.0 Å². The highest BCUT2D eigenvalue weighted by Crippen LogP contribution is 2.27. The third kappa shape index (κ3) is 4.00. The lowest BCUT2D eigenvalue weighted by atomic mass is 10.00. The molecule has 0 spiro atoms. The van der Waals surface area contributed by atoms with Gasteiger partial charge in [-0.3, -0.25) is 0 Å². The molecule has 0 saturated heterocycles. The highest BCUT2D eigenvalue weighted by molar-refractivity contribution is 14.1. The minimum absolute atomic E-state index is 0.332. The van der Waals surface area contributed by atoms with E-state index in [-0.39, 0.29) is 0 Å². The highest BCUT2D eigenvalue weighted by Gasteiger charge is 2.24. The number of nitrogens with one attached hydrogen (secondary N) is 1. The van der Waals surface area contributed by atoms with Crippen molar-refractivity contribution in [1.82, 2.24) is 4.72 Å². The van der Waals surface area contributed by atoms with Gasteiger partial charge in [0.1, 0.15) is 4.21 Å². The van der Waals surface area contributed by atoms with Crippen molar-refractivity contribution in [2.24, 2.45) is 0 Å². The SMILES string of the molecule is O=S(=O)(NC(c1ccccc1)c1ccccc1)c1ccc(I)s1. The van der Waals surface area contributed by atoms with Crippen molar-refractivity contribution in [3.8, 4) is 0 Å². The van der Waals surface area contributed by atoms with Gasteiger partial charge in [0, 0.05) is 0 Å². The Labute approximate surface area is 153 Å². The molecule has 0 bridgehead atoms. The molecular weight excluding hydrogens is 441 g/mol. The van der Waals surface area contributed by atoms with E-state index >= 15 is 0 Å². The molecule has 0 unspecified atom stereocenters. The van der Waals surface area contributed by atoms with Gasteiger partial charge < -0.3 is 0 Å². The molecule has 6 heteroatoms. The van der Waals surface area contributed by atoms with Crippen LogP contribution in [0.4, 0.5) is 0 Å². The van der Waals surface area contributed by atoms with Gasteiger partial charge in [-0.2, -0.15) is 4.72 Å². The van der Waals surface area contributed by atoms with Crippen molar-refractivity contribution in [2.45, 2.75) is 10.3 Å². The first-order chi connectivity index (χ1) is 11.1. The zero-order valence-electron chi connectivity index (χ0n) is 12.0. The van der Waals surface area contributed by atoms with Crippen LogP contribution < -0.4 is 4.72 Å². The molecule has 1 heterocycles. The van der Waals surface area contributed by atoms with Crippen molar-refractivity contribution < 1.29 is 8.42 Å². The molecule has 3 aromatic rings. The number of thiophene rings is 1. The first kappa shape index (κ1) is 16.6. The lowest BCUT2D eigenvalue weighted by Gasteiger charge is -2.19. The summed E-state index contributed by atoms with van der Waals surface area (Å²) in [6.45, 7) is 0. The van der Waals surface area contributed by atoms with Gasteiger partial charge in [-0.25, -0.2) is 8.42 Å². The summed E-state index contributed by atoms with van der Waals surface area (Å²) in [5, 5.41) is 0. The topological polar surface area (TPSA) is 46.2 Å². The third-order valence-corrected chi connectivity index (χ3v) is 7.16. The van der Waals surface area contributed by atoms with E-state index in [0.29, 0.717) is 4.21 Å². The van der Waals surface area contributed by atoms with E-state index in [2.05, 4.69) is 27.3 Å². The number of halogens is 1. The van der Waals surface area contributed by atoms with E-state index < -0.39 is 16.1 Å². The van der Waals surface area contributed by atoms with Crippen LogP contribution in [0.3, 0.4) is 0 Å². The second-order valence-electron chi connectivity index (χ2n) is 4.93. The Morgan fingerprint density at radius 3 is 1.78 bits per heavy atom. The Hall–Kier alpha value is -1.22. The van der Waals surface area contributed by atoms with Crippen LogP contribution >= 0.6 is 33.9 Å². The Morgan fingerprint density at radius 1 is 0.826 bits per heavy atom. The molecule has 23 heavy (non-hydrogen) atoms. The van der Waals surface area contributed by atoms with Crippen molar-refractivity contribution in [1.29, 1.82) is 0 Å². The zero-order valence-corrected chi connectivity index (χ0v) is 15.8. The summed E-state index contributed by atoms with van der Waals surface area (Å²) in [5.41, 5.74) is 1.82. The fourth-order valence-corrected chi connectivity index (χ4v) is 5.88. The Bertz CT molecular complexity index is 838. The highest BCUT2D eigenvalue weighted by atomic mass is 127. The van der Waals surface area contributed by atoms with Crippen LogP contribution in [0.2, 0.25) is 0 Å². The average Bonchev–Trinajstić information content (AvgIpc) is 3.02. The van der Waals surface area contributed by atoms with E-state index in [1.807, 2.05) is 60.7 Å². The maximum absolute atomic E-state index is 12.7. The fourth-order valence-electron chi connectivity index (χ4n) is 2.27. The largest absolute Gasteiger partial charge is 0.250 e. The maximum atomic E-state index is 12.7. The summed E-state index contributed by atoms with van der Waals surface area (Å²) in [6, 6.07) is 22.2. The van der Waals surface area contributed by atoms with E-state index in [4.69, 9.17) is 0 Å². The van der Waals surface area contributed by atoms with E-state index in [0.717, 1.165) is 14.0 Å². The summed E-state index contributed by atoms with van der Waals surface area (Å²) in [6.07, 6.45) is 0. The molecule has 0 aliphatic carbocycles. The lowest BCUT2D eigenvalue weighted by Crippen LogP contribution is -2.28. The van der Waals surface area contributed by atoms with Crippen LogP contribution in [-0.4, -0.2) is 8.42 Å². The van der Waals surface area contributed by atoms with Gasteiger partial charge in [0.05, 0.1) is 8.93 Å². The second-order valence-corrected chi connectivity index (χ2v) is 9.85. The predicted molar refractivity (Wildman–Crippen MR) is 102 cm³/mol. The van der Waals surface area contributed by atoms with Gasteiger partial charge in [-0.1, -0.05) is 60.7 Å². The van der Waals surface area contributed by atoms with Crippen LogP contribution in [-0.2, 0) is 10.0 Å². The molecule has 1 N–H and O–H groups in total. The molecule has 3 rings (SSSR count). The summed E-state index contributed by atoms with van der Waals surface area (Å²) < 4.78 is 29.5. The molecule has 0 amide bonds. The summed E-state index contributed by atoms with van der Waals surface area (Å²) in [7, 11) is -3.57. The fraction of sp³-hybridized carbons (Fsp3) is 0.0588. The minimum Gasteiger partial charge on any atom is -0.206 e. The third-order valence-electron chi connectivity index (χ3n) is 3.35. The molecule has 0 atom stereocenters. The van der Waals surface area contributed by atoms with Crippen LogP contribution in [0.1, 0.15) is 17.2 Å². The molecular formula is C17H14INO2S2. The van der Waals surface area contributed by atoms with Gasteiger partial charge in [-0.05, 0) is 45.9 Å². The zero-order chi connectivity index (χ0) is 16.3. The Kier molecular flexibility index (Phi) is 5.15. The van der Waals surface area contributed by atoms with Crippen LogP contribution in [0.15, 0.2) is 77.0 Å². The van der Waals surface area contributed by atoms with Crippen LogP contribution in [0.5, 0.6) is 0 Å². The lowest BCUT2D eigenvalue weighted by molar-refractivity contribution is 0.574. The smallest absolute Gasteiger partial charge is 0.206 e. The Balaban J connectivity index is 2.00. The molecule has 1 aromatic heterocycles. The van der Waals surface area contributed by atoms with Gasteiger partial charge in [0.15, 0.2) is 0 Å². The van der Waals surface area contributed by atoms with E-state index in [1.165, 1.54) is 11.3 Å². The molecule has 3 nitrogen and oxygen atoms in total. The number of benzene rings is 2. The molecule has 0 aliphatic heterocycles. The van der Waals surface area contributed by atoms with Gasteiger partial charge in [-0.15, -0.1) is 11.3 Å². The first-order valence-corrected chi connectivity index (χ1v) is 10.3. The van der Waals surface area contributed by atoms with Crippen LogP contribution in [0, 0.1) is 2.88 Å². The second kappa shape index (κ2) is 7.12. The van der Waals surface area contributed by atoms with E-state index in [1.54, 1.807) is 12.1 Å². The molecule has 0 fully saturated rings. The quantitative estimate of drug-likeness (QED) is 0.579. The van der Waals surface area contributed by atoms with Gasteiger partial charge >= 0.3 is 0 Å². The molecule has 2 aromatic carbocycles. The molecule has 0 radical (unpaired) electrons. The van der Waals surface area contributed by atoms with Crippen molar-refractivity contribution in [3.05, 3.63) is 86.8 Å². The van der Waals surface area contributed by atoms with Crippen molar-refractivity contribution in [3.63, 3.8) is 0 Å². The minimum atomic E-state index is -3.57. The number of rotatable bonds is 5. The molecule has 118 valence electrons. The normalized spacial score (nSPS) is 11.7. The number of hydrogen-bond acceptors (Lipinski definition) is 3. The standard InChI is InChI=1S/C17H14INO2S2/c18-15-11-12-16(22-15)23(20,21)19-17(13-7-3-1-4-8-13)14-9-5-2-6-10-14/h1-12,17,19H.